The van der Waals surface area contributed by atoms with Crippen LogP contribution in [0.2, 0.25) is 0 Å². The lowest BCUT2D eigenvalue weighted by molar-refractivity contribution is -0.118. The van der Waals surface area contributed by atoms with E-state index in [1.54, 1.807) is 17.3 Å². The predicted octanol–water partition coefficient (Wildman–Crippen LogP) is 3.02. The van der Waals surface area contributed by atoms with Gasteiger partial charge in [-0.05, 0) is 18.7 Å². The third-order valence-corrected chi connectivity index (χ3v) is 3.95. The first-order valence-electron chi connectivity index (χ1n) is 6.13. The average Bonchev–Trinajstić information content (AvgIpc) is 2.89. The summed E-state index contributed by atoms with van der Waals surface area (Å²) in [6.07, 6.45) is 4.71. The second kappa shape index (κ2) is 6.81. The normalized spacial score (nSPS) is 10.6. The fourth-order valence-electron chi connectivity index (χ4n) is 1.74. The number of nitrogens with zero attached hydrogens (tertiary/aromatic N) is 3. The number of anilines is 1. The Labute approximate surface area is 126 Å². The Kier molecular flexibility index (Phi) is 5.08. The van der Waals surface area contributed by atoms with Gasteiger partial charge in [0, 0.05) is 24.7 Å². The van der Waals surface area contributed by atoms with Crippen LogP contribution in [-0.2, 0) is 4.79 Å². The molecule has 0 unspecified atom stereocenters. The van der Waals surface area contributed by atoms with E-state index in [1.165, 1.54) is 17.4 Å². The van der Waals surface area contributed by atoms with Crippen molar-refractivity contribution in [2.75, 3.05) is 17.2 Å². The van der Waals surface area contributed by atoms with E-state index in [-0.39, 0.29) is 5.91 Å². The maximum absolute atomic E-state index is 13.2. The zero-order chi connectivity index (χ0) is 14.5. The fraction of sp³-hybridized carbons (Fsp3) is 0.308. The molecule has 0 saturated heterocycles. The summed E-state index contributed by atoms with van der Waals surface area (Å²) in [7, 11) is 0. The molecule has 0 spiro atoms. The minimum Gasteiger partial charge on any atom is -0.303 e. The van der Waals surface area contributed by atoms with Gasteiger partial charge in [0.05, 0.1) is 12.4 Å². The van der Waals surface area contributed by atoms with Crippen LogP contribution >= 0.6 is 24.0 Å². The molecular formula is C13H14FN3OS2. The lowest BCUT2D eigenvalue weighted by Crippen LogP contribution is -2.29. The molecule has 0 bridgehead atoms. The molecule has 0 N–H and O–H groups in total. The molecule has 7 heteroatoms. The van der Waals surface area contributed by atoms with Crippen molar-refractivity contribution in [2.24, 2.45) is 0 Å². The smallest absolute Gasteiger partial charge is 0.228 e. The van der Waals surface area contributed by atoms with Crippen molar-refractivity contribution in [3.63, 3.8) is 0 Å². The third kappa shape index (κ3) is 3.34. The molecule has 0 aromatic carbocycles. The van der Waals surface area contributed by atoms with Gasteiger partial charge in [0.1, 0.15) is 15.8 Å². The number of hydrogen-bond donors (Lipinski definition) is 1. The molecule has 0 aliphatic heterocycles. The molecule has 106 valence electrons. The highest BCUT2D eigenvalue weighted by atomic mass is 32.1. The van der Waals surface area contributed by atoms with Crippen molar-refractivity contribution in [2.45, 2.75) is 13.3 Å². The first kappa shape index (κ1) is 14.9. The molecule has 2 rings (SSSR count). The topological polar surface area (TPSA) is 46.1 Å². The van der Waals surface area contributed by atoms with Crippen LogP contribution in [0.15, 0.2) is 24.7 Å². The number of hydrogen-bond acceptors (Lipinski definition) is 5. The van der Waals surface area contributed by atoms with Gasteiger partial charge in [-0.3, -0.25) is 9.78 Å². The van der Waals surface area contributed by atoms with Crippen LogP contribution in [0.4, 0.5) is 9.39 Å². The minimum atomic E-state index is -0.405. The second-order valence-electron chi connectivity index (χ2n) is 4.01. The number of amides is 1. The standard InChI is InChI=1S/C13H14FN3OS2/c1-2-17(11(18)3-4-19)12-8-16-13(20-12)9-5-10(14)7-15-6-9/h5-8,19H,2-4H2,1H3. The summed E-state index contributed by atoms with van der Waals surface area (Å²) in [6, 6.07) is 1.38. The number of carbonyl (C=O) groups excluding carboxylic acids is 1. The Bertz CT molecular complexity index is 603. The zero-order valence-corrected chi connectivity index (χ0v) is 12.6. The number of thiol groups is 1. The van der Waals surface area contributed by atoms with Crippen molar-refractivity contribution >= 4 is 34.9 Å². The summed E-state index contributed by atoms with van der Waals surface area (Å²) in [5.41, 5.74) is 0.610. The molecule has 0 atom stereocenters. The van der Waals surface area contributed by atoms with Gasteiger partial charge in [-0.1, -0.05) is 11.3 Å². The Morgan fingerprint density at radius 1 is 1.45 bits per heavy atom. The van der Waals surface area contributed by atoms with Crippen molar-refractivity contribution < 1.29 is 9.18 Å². The number of rotatable bonds is 5. The predicted molar refractivity (Wildman–Crippen MR) is 81.8 cm³/mol. The highest BCUT2D eigenvalue weighted by Crippen LogP contribution is 2.31. The quantitative estimate of drug-likeness (QED) is 0.863. The molecule has 1 amide bonds. The van der Waals surface area contributed by atoms with Gasteiger partial charge >= 0.3 is 0 Å². The lowest BCUT2D eigenvalue weighted by atomic mass is 10.3. The molecule has 0 aliphatic rings. The largest absolute Gasteiger partial charge is 0.303 e. The number of carbonyl (C=O) groups is 1. The molecule has 2 heterocycles. The van der Waals surface area contributed by atoms with E-state index in [1.807, 2.05) is 6.92 Å². The van der Waals surface area contributed by atoms with Gasteiger partial charge in [0.15, 0.2) is 0 Å². The van der Waals surface area contributed by atoms with Crippen LogP contribution in [-0.4, -0.2) is 28.2 Å². The number of halogens is 1. The van der Waals surface area contributed by atoms with Crippen LogP contribution in [0.5, 0.6) is 0 Å². The summed E-state index contributed by atoms with van der Waals surface area (Å²) >= 11 is 5.41. The highest BCUT2D eigenvalue weighted by Gasteiger charge is 2.16. The van der Waals surface area contributed by atoms with E-state index >= 15 is 0 Å². The van der Waals surface area contributed by atoms with Crippen molar-refractivity contribution in [3.05, 3.63) is 30.5 Å². The molecule has 0 fully saturated rings. The van der Waals surface area contributed by atoms with Gasteiger partial charge in [-0.2, -0.15) is 12.6 Å². The minimum absolute atomic E-state index is 0.00932. The SMILES string of the molecule is CCN(C(=O)CCS)c1cnc(-c2cncc(F)c2)s1. The summed E-state index contributed by atoms with van der Waals surface area (Å²) in [5.74, 6) is 0.113. The first-order chi connectivity index (χ1) is 9.65. The first-order valence-corrected chi connectivity index (χ1v) is 7.58. The molecule has 4 nitrogen and oxygen atoms in total. The third-order valence-electron chi connectivity index (χ3n) is 2.65. The number of aromatic nitrogens is 2. The van der Waals surface area contributed by atoms with Gasteiger partial charge in [0.2, 0.25) is 5.91 Å². The van der Waals surface area contributed by atoms with Crippen molar-refractivity contribution in [1.29, 1.82) is 0 Å². The molecular weight excluding hydrogens is 297 g/mol. The van der Waals surface area contributed by atoms with E-state index in [4.69, 9.17) is 0 Å². The Hall–Kier alpha value is -1.47. The Morgan fingerprint density at radius 2 is 2.25 bits per heavy atom. The number of pyridine rings is 1. The summed E-state index contributed by atoms with van der Waals surface area (Å²) < 4.78 is 13.2. The van der Waals surface area contributed by atoms with Gasteiger partial charge in [0.25, 0.3) is 0 Å². The van der Waals surface area contributed by atoms with Crippen molar-refractivity contribution in [3.8, 4) is 10.6 Å². The van der Waals surface area contributed by atoms with E-state index < -0.39 is 5.82 Å². The lowest BCUT2D eigenvalue weighted by Gasteiger charge is -2.17. The molecule has 20 heavy (non-hydrogen) atoms. The van der Waals surface area contributed by atoms with E-state index in [9.17, 15) is 9.18 Å². The van der Waals surface area contributed by atoms with E-state index in [0.29, 0.717) is 29.3 Å². The molecule has 0 aliphatic carbocycles. The van der Waals surface area contributed by atoms with Crippen LogP contribution in [0.3, 0.4) is 0 Å². The molecule has 2 aromatic rings. The van der Waals surface area contributed by atoms with E-state index in [0.717, 1.165) is 11.2 Å². The van der Waals surface area contributed by atoms with Crippen LogP contribution < -0.4 is 4.90 Å². The fourth-order valence-corrected chi connectivity index (χ4v) is 2.91. The van der Waals surface area contributed by atoms with Gasteiger partial charge in [-0.25, -0.2) is 9.37 Å². The van der Waals surface area contributed by atoms with Gasteiger partial charge in [-0.15, -0.1) is 0 Å². The zero-order valence-electron chi connectivity index (χ0n) is 10.9. The van der Waals surface area contributed by atoms with Crippen LogP contribution in [0.25, 0.3) is 10.6 Å². The maximum atomic E-state index is 13.2. The maximum Gasteiger partial charge on any atom is 0.228 e. The summed E-state index contributed by atoms with van der Waals surface area (Å²) in [5, 5.41) is 1.39. The van der Waals surface area contributed by atoms with Crippen LogP contribution in [0, 0.1) is 5.82 Å². The molecule has 0 saturated carbocycles. The van der Waals surface area contributed by atoms with Gasteiger partial charge < -0.3 is 4.90 Å². The van der Waals surface area contributed by atoms with Crippen LogP contribution in [0.1, 0.15) is 13.3 Å². The summed E-state index contributed by atoms with van der Waals surface area (Å²) in [4.78, 5) is 21.7. The Balaban J connectivity index is 2.25. The number of thiazole rings is 1. The monoisotopic (exact) mass is 311 g/mol. The summed E-state index contributed by atoms with van der Waals surface area (Å²) in [6.45, 7) is 2.47. The van der Waals surface area contributed by atoms with Crippen molar-refractivity contribution in [1.82, 2.24) is 9.97 Å². The van der Waals surface area contributed by atoms with E-state index in [2.05, 4.69) is 22.6 Å². The Morgan fingerprint density at radius 3 is 2.90 bits per heavy atom. The average molecular weight is 311 g/mol. The highest BCUT2D eigenvalue weighted by molar-refractivity contribution is 7.80. The molecule has 2 aromatic heterocycles. The second-order valence-corrected chi connectivity index (χ2v) is 5.46. The molecule has 0 radical (unpaired) electrons.